The van der Waals surface area contributed by atoms with Gasteiger partial charge in [0.15, 0.2) is 11.5 Å². The van der Waals surface area contributed by atoms with Gasteiger partial charge < -0.3 is 19.7 Å². The minimum Gasteiger partial charge on any atom is -0.493 e. The zero-order valence-electron chi connectivity index (χ0n) is 26.7. The summed E-state index contributed by atoms with van der Waals surface area (Å²) in [5.41, 5.74) is 2.02. The van der Waals surface area contributed by atoms with Crippen LogP contribution in [0.1, 0.15) is 36.8 Å². The number of anilines is 1. The Morgan fingerprint density at radius 1 is 0.787 bits per heavy atom. The van der Waals surface area contributed by atoms with E-state index in [2.05, 4.69) is 5.32 Å². The molecule has 1 aliphatic rings. The Balaban J connectivity index is 1.55. The van der Waals surface area contributed by atoms with Crippen LogP contribution < -0.4 is 19.1 Å². The van der Waals surface area contributed by atoms with E-state index in [9.17, 15) is 18.0 Å². The van der Waals surface area contributed by atoms with Crippen LogP contribution in [-0.2, 0) is 32.6 Å². The van der Waals surface area contributed by atoms with E-state index in [0.717, 1.165) is 41.1 Å². The molecule has 246 valence electrons. The minimum absolute atomic E-state index is 0.0423. The summed E-state index contributed by atoms with van der Waals surface area (Å²) in [6, 6.07) is 30.9. The Bertz CT molecular complexity index is 1730. The molecule has 1 fully saturated rings. The highest BCUT2D eigenvalue weighted by Crippen LogP contribution is 2.32. The van der Waals surface area contributed by atoms with Crippen molar-refractivity contribution in [2.45, 2.75) is 55.6 Å². The number of ether oxygens (including phenoxy) is 2. The summed E-state index contributed by atoms with van der Waals surface area (Å²) in [4.78, 5) is 30.1. The standard InChI is InChI=1S/C37H41N3O6S/c1-45-34-23-22-32(25-35(34)46-2)47(43,44)40(31-20-10-5-11-21-31)27-36(41)39(26-29-16-8-4-9-17-29)33(24-28-14-6-3-7-15-28)37(42)38-30-18-12-13-19-30/h3-11,14-17,20-23,25,30,33H,12-13,18-19,24,26-27H2,1-2H3,(H,38,42). The third-order valence-electron chi connectivity index (χ3n) is 8.43. The van der Waals surface area contributed by atoms with E-state index in [1.54, 1.807) is 30.3 Å². The maximum atomic E-state index is 14.6. The van der Waals surface area contributed by atoms with Crippen molar-refractivity contribution < 1.29 is 27.5 Å². The van der Waals surface area contributed by atoms with Crippen LogP contribution in [0.5, 0.6) is 11.5 Å². The largest absolute Gasteiger partial charge is 0.493 e. The van der Waals surface area contributed by atoms with Crippen molar-refractivity contribution in [3.63, 3.8) is 0 Å². The van der Waals surface area contributed by atoms with E-state index in [1.165, 1.54) is 37.3 Å². The monoisotopic (exact) mass is 655 g/mol. The van der Waals surface area contributed by atoms with Crippen molar-refractivity contribution in [2.75, 3.05) is 25.1 Å². The number of hydrogen-bond donors (Lipinski definition) is 1. The third kappa shape index (κ3) is 8.31. The average Bonchev–Trinajstić information content (AvgIpc) is 3.62. The Hall–Kier alpha value is -4.83. The lowest BCUT2D eigenvalue weighted by molar-refractivity contribution is -0.140. The average molecular weight is 656 g/mol. The molecule has 0 spiro atoms. The maximum Gasteiger partial charge on any atom is 0.264 e. The number of carbonyl (C=O) groups is 2. The number of sulfonamides is 1. The molecule has 0 bridgehead atoms. The minimum atomic E-state index is -4.29. The molecule has 1 saturated carbocycles. The molecule has 0 saturated heterocycles. The van der Waals surface area contributed by atoms with Gasteiger partial charge in [-0.1, -0.05) is 91.7 Å². The first-order chi connectivity index (χ1) is 22.8. The van der Waals surface area contributed by atoms with Gasteiger partial charge in [0.2, 0.25) is 11.8 Å². The van der Waals surface area contributed by atoms with Gasteiger partial charge >= 0.3 is 0 Å². The maximum absolute atomic E-state index is 14.6. The number of para-hydroxylation sites is 1. The fourth-order valence-corrected chi connectivity index (χ4v) is 7.36. The van der Waals surface area contributed by atoms with E-state index >= 15 is 0 Å². The number of nitrogens with one attached hydrogen (secondary N) is 1. The summed E-state index contributed by atoms with van der Waals surface area (Å²) >= 11 is 0. The van der Waals surface area contributed by atoms with Crippen LogP contribution >= 0.6 is 0 Å². The molecule has 4 aromatic carbocycles. The van der Waals surface area contributed by atoms with Crippen molar-refractivity contribution in [1.29, 1.82) is 0 Å². The number of benzene rings is 4. The predicted octanol–water partition coefficient (Wildman–Crippen LogP) is 5.60. The quantitative estimate of drug-likeness (QED) is 0.190. The van der Waals surface area contributed by atoms with Crippen molar-refractivity contribution in [2.24, 2.45) is 0 Å². The van der Waals surface area contributed by atoms with Crippen LogP contribution in [0.15, 0.2) is 114 Å². The molecular weight excluding hydrogens is 614 g/mol. The van der Waals surface area contributed by atoms with Crippen LogP contribution in [0, 0.1) is 0 Å². The number of rotatable bonds is 14. The summed E-state index contributed by atoms with van der Waals surface area (Å²) in [6.45, 7) is -0.413. The third-order valence-corrected chi connectivity index (χ3v) is 10.2. The molecule has 1 atom stereocenters. The summed E-state index contributed by atoms with van der Waals surface area (Å²) in [5.74, 6) is -0.145. The number of amides is 2. The molecule has 0 radical (unpaired) electrons. The van der Waals surface area contributed by atoms with Gasteiger partial charge in [-0.05, 0) is 48.2 Å². The molecule has 0 aromatic heterocycles. The van der Waals surface area contributed by atoms with Crippen molar-refractivity contribution >= 4 is 27.5 Å². The second kappa shape index (κ2) is 15.6. The van der Waals surface area contributed by atoms with Crippen LogP contribution in [0.25, 0.3) is 0 Å². The number of hydrogen-bond acceptors (Lipinski definition) is 6. The Morgan fingerprint density at radius 2 is 1.36 bits per heavy atom. The topological polar surface area (TPSA) is 105 Å². The molecule has 4 aromatic rings. The fourth-order valence-electron chi connectivity index (χ4n) is 5.93. The van der Waals surface area contributed by atoms with Gasteiger partial charge in [0.25, 0.3) is 10.0 Å². The van der Waals surface area contributed by atoms with E-state index in [0.29, 0.717) is 11.4 Å². The molecule has 0 heterocycles. The normalized spacial score (nSPS) is 13.8. The predicted molar refractivity (Wildman–Crippen MR) is 182 cm³/mol. The first-order valence-electron chi connectivity index (χ1n) is 15.8. The molecule has 1 unspecified atom stereocenters. The molecule has 9 nitrogen and oxygen atoms in total. The number of carbonyl (C=O) groups excluding carboxylic acids is 2. The zero-order chi connectivity index (χ0) is 33.2. The van der Waals surface area contributed by atoms with Crippen molar-refractivity contribution in [1.82, 2.24) is 10.2 Å². The molecule has 1 N–H and O–H groups in total. The van der Waals surface area contributed by atoms with E-state index < -0.39 is 28.5 Å². The SMILES string of the molecule is COc1ccc(S(=O)(=O)N(CC(=O)N(Cc2ccccc2)C(Cc2ccccc2)C(=O)NC2CCCC2)c2ccccc2)cc1OC. The van der Waals surface area contributed by atoms with Gasteiger partial charge in [0.1, 0.15) is 12.6 Å². The van der Waals surface area contributed by atoms with Gasteiger partial charge in [-0.15, -0.1) is 0 Å². The van der Waals surface area contributed by atoms with Gasteiger partial charge in [-0.3, -0.25) is 13.9 Å². The number of methoxy groups -OCH3 is 2. The highest BCUT2D eigenvalue weighted by Gasteiger charge is 2.35. The van der Waals surface area contributed by atoms with E-state index in [4.69, 9.17) is 9.47 Å². The van der Waals surface area contributed by atoms with Gasteiger partial charge in [0, 0.05) is 25.1 Å². The van der Waals surface area contributed by atoms with Gasteiger partial charge in [0.05, 0.1) is 24.8 Å². The summed E-state index contributed by atoms with van der Waals surface area (Å²) in [5, 5.41) is 3.19. The fraction of sp³-hybridized carbons (Fsp3) is 0.297. The van der Waals surface area contributed by atoms with Crippen LogP contribution in [-0.4, -0.2) is 58.0 Å². The van der Waals surface area contributed by atoms with Gasteiger partial charge in [-0.25, -0.2) is 8.42 Å². The second-order valence-electron chi connectivity index (χ2n) is 11.6. The first-order valence-corrected chi connectivity index (χ1v) is 17.2. The highest BCUT2D eigenvalue weighted by molar-refractivity contribution is 7.92. The van der Waals surface area contributed by atoms with E-state index in [1.807, 2.05) is 60.7 Å². The second-order valence-corrected chi connectivity index (χ2v) is 13.4. The highest BCUT2D eigenvalue weighted by atomic mass is 32.2. The molecular formula is C37H41N3O6S. The lowest BCUT2D eigenvalue weighted by Gasteiger charge is -2.34. The molecule has 10 heteroatoms. The first kappa shape index (κ1) is 33.5. The zero-order valence-corrected chi connectivity index (χ0v) is 27.6. The van der Waals surface area contributed by atoms with Crippen LogP contribution in [0.2, 0.25) is 0 Å². The molecule has 5 rings (SSSR count). The number of nitrogens with zero attached hydrogens (tertiary/aromatic N) is 2. The molecule has 1 aliphatic carbocycles. The van der Waals surface area contributed by atoms with Crippen LogP contribution in [0.4, 0.5) is 5.69 Å². The molecule has 47 heavy (non-hydrogen) atoms. The lowest BCUT2D eigenvalue weighted by Crippen LogP contribution is -2.54. The lowest BCUT2D eigenvalue weighted by atomic mass is 10.0. The summed E-state index contributed by atoms with van der Waals surface area (Å²) < 4.78 is 40.4. The Morgan fingerprint density at radius 3 is 1.96 bits per heavy atom. The smallest absolute Gasteiger partial charge is 0.264 e. The van der Waals surface area contributed by atoms with Gasteiger partial charge in [-0.2, -0.15) is 0 Å². The molecule has 0 aliphatic heterocycles. The van der Waals surface area contributed by atoms with Crippen molar-refractivity contribution in [3.05, 3.63) is 120 Å². The van der Waals surface area contributed by atoms with Crippen LogP contribution in [0.3, 0.4) is 0 Å². The van der Waals surface area contributed by atoms with Crippen molar-refractivity contribution in [3.8, 4) is 11.5 Å². The summed E-state index contributed by atoms with van der Waals surface area (Å²) in [6.07, 6.45) is 4.14. The van der Waals surface area contributed by atoms with E-state index in [-0.39, 0.29) is 35.6 Å². The molecule has 2 amide bonds. The Kier molecular flexibility index (Phi) is 11.2. The summed E-state index contributed by atoms with van der Waals surface area (Å²) in [7, 11) is -1.39. The Labute approximate surface area is 277 Å².